The van der Waals surface area contributed by atoms with Crippen molar-refractivity contribution in [3.05, 3.63) is 218 Å². The van der Waals surface area contributed by atoms with Gasteiger partial charge in [0, 0.05) is 83.2 Å². The van der Waals surface area contributed by atoms with Gasteiger partial charge in [0.15, 0.2) is 11.5 Å². The molecule has 490 valence electrons. The van der Waals surface area contributed by atoms with E-state index in [1.165, 1.54) is 16.4 Å². The van der Waals surface area contributed by atoms with Gasteiger partial charge in [0.05, 0.1) is 11.1 Å². The van der Waals surface area contributed by atoms with Gasteiger partial charge >= 0.3 is 26.6 Å². The Hall–Kier alpha value is -8.01. The summed E-state index contributed by atoms with van der Waals surface area (Å²) in [6, 6.07) is 28.6. The molecule has 2 aliphatic rings. The van der Waals surface area contributed by atoms with Gasteiger partial charge in [-0.2, -0.15) is 26.3 Å². The molecular weight excluding hydrogens is 1230 g/mol. The first-order chi connectivity index (χ1) is 44.2. The van der Waals surface area contributed by atoms with E-state index in [2.05, 4.69) is 77.5 Å². The van der Waals surface area contributed by atoms with Crippen LogP contribution in [0.5, 0.6) is 0 Å². The Morgan fingerprint density at radius 3 is 1.73 bits per heavy atom. The Morgan fingerprint density at radius 2 is 1.20 bits per heavy atom. The molecule has 9 rings (SSSR count). The third-order valence-corrected chi connectivity index (χ3v) is 21.6. The van der Waals surface area contributed by atoms with E-state index in [0.717, 1.165) is 64.5 Å². The maximum absolute atomic E-state index is 17.4. The molecule has 0 fully saturated rings. The Bertz CT molecular complexity index is 4280. The number of benzene rings is 7. The second-order valence-electron chi connectivity index (χ2n) is 25.7. The van der Waals surface area contributed by atoms with Crippen LogP contribution in [-0.4, -0.2) is 122 Å². The Labute approximate surface area is 546 Å². The van der Waals surface area contributed by atoms with Gasteiger partial charge in [0.1, 0.15) is 28.0 Å². The summed E-state index contributed by atoms with van der Waals surface area (Å²) in [4.78, 5) is 31.4. The molecule has 0 atom stereocenters. The van der Waals surface area contributed by atoms with Crippen molar-refractivity contribution in [1.82, 2.24) is 15.1 Å². The number of nitrogens with one attached hydrogen (secondary N) is 1. The molecular formula is C73H79B2F7N5O6Si+. The van der Waals surface area contributed by atoms with Gasteiger partial charge in [-0.3, -0.25) is 19.4 Å². The predicted molar refractivity (Wildman–Crippen MR) is 367 cm³/mol. The molecule has 1 amide bonds. The maximum atomic E-state index is 17.4. The molecule has 0 radical (unpaired) electrons. The van der Waals surface area contributed by atoms with Crippen LogP contribution >= 0.6 is 0 Å². The number of anilines is 1. The fourth-order valence-electron chi connectivity index (χ4n) is 12.8. The zero-order valence-corrected chi connectivity index (χ0v) is 55.5. The maximum Gasteiger partial charge on any atom is 0.488 e. The normalized spacial score (nSPS) is 13.8. The summed E-state index contributed by atoms with van der Waals surface area (Å²) in [5.74, 6) is -0.998. The summed E-state index contributed by atoms with van der Waals surface area (Å²) in [6.07, 6.45) is -1.88. The number of hydrogen-bond donors (Lipinski definition) is 5. The number of allylic oxidation sites excluding steroid dienone is 6. The topological polar surface area (TPSA) is 140 Å². The first-order valence-electron chi connectivity index (χ1n) is 31.2. The van der Waals surface area contributed by atoms with Crippen molar-refractivity contribution >= 4 is 88.6 Å². The number of ketones is 1. The predicted octanol–water partition coefficient (Wildman–Crippen LogP) is 11.5. The molecule has 1 aliphatic carbocycles. The summed E-state index contributed by atoms with van der Waals surface area (Å²) in [5.41, 5.74) is 6.89. The number of fused-ring (bicyclic) bond motifs is 4. The van der Waals surface area contributed by atoms with Crippen molar-refractivity contribution in [2.24, 2.45) is 0 Å². The first-order valence-corrected chi connectivity index (χ1v) is 34.2. The SMILES string of the molecule is C=C(C)C(=O)CCCCN(Cc1cc(C(F)(F)F)ccc1B(O)O)Cc1c2ccccc2c(CN(CCCNC(=O)C(=C)C)Cc2cc(C(F)(F)F)ccc2B(O)O)c2ccc(-c3cc(F)c(C)c(C4=C5C=CC(=[N+](C)C)C=C5[Si](C)(C)c5cc(N(C)C)ccc54)c3)cc12. The van der Waals surface area contributed by atoms with Crippen molar-refractivity contribution in [2.75, 3.05) is 52.7 Å². The van der Waals surface area contributed by atoms with Gasteiger partial charge in [-0.25, -0.2) is 8.97 Å². The lowest BCUT2D eigenvalue weighted by Crippen LogP contribution is -2.49. The second kappa shape index (κ2) is 28.5. The number of carbonyl (C=O) groups is 2. The van der Waals surface area contributed by atoms with Crippen LogP contribution in [0.1, 0.15) is 89.6 Å². The van der Waals surface area contributed by atoms with Crippen molar-refractivity contribution in [3.63, 3.8) is 0 Å². The molecule has 0 saturated heterocycles. The molecule has 7 aromatic rings. The number of carbonyl (C=O) groups excluding carboxylic acids is 2. The molecule has 1 heterocycles. The molecule has 0 spiro atoms. The van der Waals surface area contributed by atoms with Crippen molar-refractivity contribution in [1.29, 1.82) is 0 Å². The van der Waals surface area contributed by atoms with Gasteiger partial charge in [0.2, 0.25) is 5.91 Å². The van der Waals surface area contributed by atoms with E-state index < -0.39 is 51.6 Å². The third-order valence-electron chi connectivity index (χ3n) is 18.1. The van der Waals surface area contributed by atoms with E-state index in [4.69, 9.17) is 0 Å². The number of nitrogens with zero attached hydrogens (tertiary/aromatic N) is 4. The highest BCUT2D eigenvalue weighted by Gasteiger charge is 2.41. The average molecular weight is 1310 g/mol. The Kier molecular flexibility index (Phi) is 21.3. The summed E-state index contributed by atoms with van der Waals surface area (Å²) < 4.78 is 107. The van der Waals surface area contributed by atoms with Gasteiger partial charge in [0.25, 0.3) is 0 Å². The molecule has 0 bridgehead atoms. The fourth-order valence-corrected chi connectivity index (χ4v) is 15.9. The average Bonchev–Trinajstić information content (AvgIpc) is 0.723. The summed E-state index contributed by atoms with van der Waals surface area (Å²) in [6.45, 7) is 17.3. The highest BCUT2D eigenvalue weighted by molar-refractivity contribution is 6.98. The number of halogens is 7. The first kappa shape index (κ1) is 70.3. The summed E-state index contributed by atoms with van der Waals surface area (Å²) in [7, 11) is 1.28. The minimum Gasteiger partial charge on any atom is -0.423 e. The van der Waals surface area contributed by atoms with E-state index in [-0.39, 0.29) is 91.6 Å². The number of alkyl halides is 6. The highest BCUT2D eigenvalue weighted by Crippen LogP contribution is 2.45. The zero-order chi connectivity index (χ0) is 68.5. The smallest absolute Gasteiger partial charge is 0.423 e. The highest BCUT2D eigenvalue weighted by atomic mass is 28.3. The van der Waals surface area contributed by atoms with Crippen molar-refractivity contribution in [3.8, 4) is 11.1 Å². The number of amides is 1. The summed E-state index contributed by atoms with van der Waals surface area (Å²) >= 11 is 0. The van der Waals surface area contributed by atoms with Crippen molar-refractivity contribution in [2.45, 2.75) is 98.1 Å². The Balaban J connectivity index is 1.29. The lowest BCUT2D eigenvalue weighted by Gasteiger charge is -2.38. The Morgan fingerprint density at radius 1 is 0.638 bits per heavy atom. The van der Waals surface area contributed by atoms with Crippen LogP contribution in [0, 0.1) is 12.7 Å². The molecule has 11 nitrogen and oxygen atoms in total. The number of rotatable bonds is 24. The van der Waals surface area contributed by atoms with Crippen LogP contribution in [0.25, 0.3) is 38.2 Å². The molecule has 0 unspecified atom stereocenters. The van der Waals surface area contributed by atoms with Crippen LogP contribution in [0.15, 0.2) is 162 Å². The minimum absolute atomic E-state index is 0.00116. The number of unbranched alkanes of at least 4 members (excludes halogenated alkanes) is 1. The van der Waals surface area contributed by atoms with E-state index >= 15 is 4.39 Å². The quantitative estimate of drug-likeness (QED) is 0.00999. The largest absolute Gasteiger partial charge is 0.488 e. The van der Waals surface area contributed by atoms with E-state index in [0.29, 0.717) is 79.8 Å². The van der Waals surface area contributed by atoms with Gasteiger partial charge in [-0.15, -0.1) is 0 Å². The lowest BCUT2D eigenvalue weighted by molar-refractivity contribution is -0.462. The van der Waals surface area contributed by atoms with E-state index in [1.807, 2.05) is 86.5 Å². The molecule has 1 aliphatic heterocycles. The fraction of sp³-hybridized carbons (Fsp3) is 0.301. The van der Waals surface area contributed by atoms with E-state index in [1.54, 1.807) is 20.8 Å². The molecule has 7 aromatic carbocycles. The van der Waals surface area contributed by atoms with Crippen LogP contribution < -0.4 is 26.3 Å². The number of Topliss-reactive ketones (excluding diaryl/α,β-unsaturated/α-hetero) is 1. The van der Waals surface area contributed by atoms with E-state index in [9.17, 15) is 56.0 Å². The van der Waals surface area contributed by atoms with Gasteiger partial charge in [-0.05, 0) is 205 Å². The number of hydrogen-bond acceptors (Lipinski definition) is 9. The summed E-state index contributed by atoms with van der Waals surface area (Å²) in [5, 5.41) is 50.3. The van der Waals surface area contributed by atoms with Gasteiger partial charge < -0.3 is 30.3 Å². The second-order valence-corrected chi connectivity index (χ2v) is 30.0. The van der Waals surface area contributed by atoms with Crippen molar-refractivity contribution < 1.29 is 65.0 Å². The van der Waals surface area contributed by atoms with Crippen LogP contribution in [-0.2, 0) is 48.1 Å². The molecule has 21 heteroatoms. The molecule has 0 saturated carbocycles. The minimum atomic E-state index is -4.78. The lowest BCUT2D eigenvalue weighted by atomic mass is 9.76. The monoisotopic (exact) mass is 1300 g/mol. The molecule has 94 heavy (non-hydrogen) atoms. The van der Waals surface area contributed by atoms with Crippen LogP contribution in [0.4, 0.5) is 36.4 Å². The van der Waals surface area contributed by atoms with Crippen LogP contribution in [0.3, 0.4) is 0 Å². The zero-order valence-electron chi connectivity index (χ0n) is 54.5. The molecule has 5 N–H and O–H groups in total. The standard InChI is InChI=1S/C73H78B2F7N5O6Si/c1-44(2)67(88)19-14-15-31-86(40-49-33-51(72(77,78)79)21-28-64(49)74(90)91)43-63-56-18-13-12-17-55(56)62(42-87(32-16-30-83-71(89)45(3)4)41-50-34-52(73(80,81)82)22-29-65(50)75(92)93)57-25-20-47(35-61(57)63)48-36-60(46(5)66(76)37-48)70-58-26-23-53(84(6)7)38-68(58)94(10,11)69-39-54(85(8)9)24-27-59(69)70/h12-13,17-18,20-29,33-39,90-93H,1,3,14-16,19,30-32,40-43H2,2,4-11H3/p+1. The third kappa shape index (κ3) is 15.4. The molecule has 0 aromatic heterocycles. The van der Waals surface area contributed by atoms with Gasteiger partial charge in [-0.1, -0.05) is 93.0 Å². The van der Waals surface area contributed by atoms with Crippen LogP contribution in [0.2, 0.25) is 13.1 Å².